The number of fused-ring (bicyclic) bond motifs is 1. The number of hydrogen-bond acceptors (Lipinski definition) is 2. The molecule has 0 aliphatic rings. The van der Waals surface area contributed by atoms with Crippen LogP contribution in [0, 0.1) is 12.7 Å². The Morgan fingerprint density at radius 2 is 2.06 bits per heavy atom. The Morgan fingerprint density at radius 1 is 1.31 bits per heavy atom. The molecule has 1 aromatic heterocycles. The lowest BCUT2D eigenvalue weighted by Gasteiger charge is -2.07. The molecule has 84 valence electrons. The molecule has 0 aliphatic heterocycles. The van der Waals surface area contributed by atoms with Crippen molar-refractivity contribution in [3.05, 3.63) is 35.3 Å². The number of aromatic nitrogens is 1. The number of benzene rings is 1. The van der Waals surface area contributed by atoms with Gasteiger partial charge in [-0.25, -0.2) is 9.37 Å². The lowest BCUT2D eigenvalue weighted by molar-refractivity contribution is 0.635. The van der Waals surface area contributed by atoms with Gasteiger partial charge in [0.25, 0.3) is 0 Å². The molecule has 2 rings (SSSR count). The fourth-order valence-corrected chi connectivity index (χ4v) is 1.89. The van der Waals surface area contributed by atoms with Crippen LogP contribution >= 0.6 is 0 Å². The Kier molecular flexibility index (Phi) is 2.77. The highest BCUT2D eigenvalue weighted by molar-refractivity contribution is 5.91. The van der Waals surface area contributed by atoms with Gasteiger partial charge in [-0.15, -0.1) is 0 Å². The molecule has 1 aromatic carbocycles. The number of nitrogens with zero attached hydrogens (tertiary/aromatic N) is 1. The van der Waals surface area contributed by atoms with E-state index in [-0.39, 0.29) is 5.82 Å². The monoisotopic (exact) mass is 218 g/mol. The van der Waals surface area contributed by atoms with Crippen LogP contribution in [0.1, 0.15) is 24.6 Å². The summed E-state index contributed by atoms with van der Waals surface area (Å²) in [6, 6.07) is 5.20. The molecule has 16 heavy (non-hydrogen) atoms. The summed E-state index contributed by atoms with van der Waals surface area (Å²) in [4.78, 5) is 4.31. The van der Waals surface area contributed by atoms with E-state index in [1.165, 1.54) is 6.07 Å². The number of anilines is 1. The van der Waals surface area contributed by atoms with Gasteiger partial charge < -0.3 is 5.73 Å². The second-order valence-corrected chi connectivity index (χ2v) is 4.10. The van der Waals surface area contributed by atoms with E-state index in [2.05, 4.69) is 11.9 Å². The van der Waals surface area contributed by atoms with Crippen LogP contribution < -0.4 is 5.73 Å². The summed E-state index contributed by atoms with van der Waals surface area (Å²) in [6.45, 7) is 3.91. The topological polar surface area (TPSA) is 38.9 Å². The quantitative estimate of drug-likeness (QED) is 0.840. The summed E-state index contributed by atoms with van der Waals surface area (Å²) in [7, 11) is 0. The van der Waals surface area contributed by atoms with Gasteiger partial charge in [0.1, 0.15) is 11.3 Å². The van der Waals surface area contributed by atoms with Gasteiger partial charge in [0, 0.05) is 16.8 Å². The summed E-state index contributed by atoms with van der Waals surface area (Å²) in [5, 5.41) is 0.706. The molecule has 3 heteroatoms. The molecule has 0 saturated carbocycles. The third-order valence-electron chi connectivity index (χ3n) is 2.60. The van der Waals surface area contributed by atoms with E-state index in [1.54, 1.807) is 0 Å². The van der Waals surface area contributed by atoms with Crippen molar-refractivity contribution in [2.45, 2.75) is 26.7 Å². The SMILES string of the molecule is CCCc1cc(N)c2cc(C)cc(F)c2n1. The van der Waals surface area contributed by atoms with Crippen molar-refractivity contribution in [3.8, 4) is 0 Å². The molecule has 0 radical (unpaired) electrons. The summed E-state index contributed by atoms with van der Waals surface area (Å²) < 4.78 is 13.7. The highest BCUT2D eigenvalue weighted by atomic mass is 19.1. The first-order chi connectivity index (χ1) is 7.61. The van der Waals surface area contributed by atoms with Crippen LogP contribution in [0.5, 0.6) is 0 Å². The average Bonchev–Trinajstić information content (AvgIpc) is 2.20. The van der Waals surface area contributed by atoms with Gasteiger partial charge in [0.05, 0.1) is 0 Å². The Morgan fingerprint density at radius 3 is 2.75 bits per heavy atom. The van der Waals surface area contributed by atoms with Crippen LogP contribution in [-0.2, 0) is 6.42 Å². The van der Waals surface area contributed by atoms with Crippen molar-refractivity contribution >= 4 is 16.6 Å². The number of aryl methyl sites for hydroxylation is 2. The van der Waals surface area contributed by atoms with Crippen LogP contribution in [0.15, 0.2) is 18.2 Å². The Labute approximate surface area is 94.3 Å². The van der Waals surface area contributed by atoms with Crippen LogP contribution in [0.25, 0.3) is 10.9 Å². The fourth-order valence-electron chi connectivity index (χ4n) is 1.89. The Balaban J connectivity index is 2.71. The van der Waals surface area contributed by atoms with Crippen molar-refractivity contribution in [3.63, 3.8) is 0 Å². The highest BCUT2D eigenvalue weighted by Gasteiger charge is 2.08. The second kappa shape index (κ2) is 4.08. The highest BCUT2D eigenvalue weighted by Crippen LogP contribution is 2.24. The summed E-state index contributed by atoms with van der Waals surface area (Å²) in [5.41, 5.74) is 8.63. The Hall–Kier alpha value is -1.64. The molecular formula is C13H15FN2. The number of hydrogen-bond donors (Lipinski definition) is 1. The van der Waals surface area contributed by atoms with Crippen LogP contribution in [0.3, 0.4) is 0 Å². The molecule has 2 N–H and O–H groups in total. The summed E-state index contributed by atoms with van der Waals surface area (Å²) in [5.74, 6) is -0.292. The zero-order valence-corrected chi connectivity index (χ0v) is 9.55. The molecule has 1 heterocycles. The van der Waals surface area contributed by atoms with Crippen molar-refractivity contribution in [2.75, 3.05) is 5.73 Å². The van der Waals surface area contributed by atoms with Crippen molar-refractivity contribution in [1.29, 1.82) is 0 Å². The molecule has 2 aromatic rings. The number of rotatable bonds is 2. The molecule has 0 unspecified atom stereocenters. The van der Waals surface area contributed by atoms with E-state index >= 15 is 0 Å². The lowest BCUT2D eigenvalue weighted by atomic mass is 10.1. The van der Waals surface area contributed by atoms with Crippen molar-refractivity contribution in [2.24, 2.45) is 0 Å². The molecule has 2 nitrogen and oxygen atoms in total. The minimum atomic E-state index is -0.292. The zero-order valence-electron chi connectivity index (χ0n) is 9.55. The molecule has 0 saturated heterocycles. The maximum Gasteiger partial charge on any atom is 0.149 e. The number of pyridine rings is 1. The minimum Gasteiger partial charge on any atom is -0.398 e. The summed E-state index contributed by atoms with van der Waals surface area (Å²) >= 11 is 0. The number of nitrogen functional groups attached to an aromatic ring is 1. The predicted octanol–water partition coefficient (Wildman–Crippen LogP) is 3.22. The molecule has 0 spiro atoms. The fraction of sp³-hybridized carbons (Fsp3) is 0.308. The van der Waals surface area contributed by atoms with Gasteiger partial charge in [-0.2, -0.15) is 0 Å². The van der Waals surface area contributed by atoms with Gasteiger partial charge >= 0.3 is 0 Å². The van der Waals surface area contributed by atoms with Gasteiger partial charge in [-0.1, -0.05) is 13.3 Å². The van der Waals surface area contributed by atoms with Crippen molar-refractivity contribution < 1.29 is 4.39 Å². The normalized spacial score (nSPS) is 10.9. The van der Waals surface area contributed by atoms with E-state index in [0.29, 0.717) is 16.6 Å². The minimum absolute atomic E-state index is 0.292. The third-order valence-corrected chi connectivity index (χ3v) is 2.60. The van der Waals surface area contributed by atoms with Gasteiger partial charge in [0.2, 0.25) is 0 Å². The van der Waals surface area contributed by atoms with Gasteiger partial charge in [-0.3, -0.25) is 0 Å². The largest absolute Gasteiger partial charge is 0.398 e. The second-order valence-electron chi connectivity index (χ2n) is 4.10. The standard InChI is InChI=1S/C13H15FN2/c1-3-4-9-7-12(15)10-5-8(2)6-11(14)13(10)16-9/h5-7H,3-4H2,1-2H3,(H2,15,16). The Bertz CT molecular complexity index is 535. The first-order valence-electron chi connectivity index (χ1n) is 5.47. The molecule has 0 amide bonds. The molecular weight excluding hydrogens is 203 g/mol. The van der Waals surface area contributed by atoms with E-state index < -0.39 is 0 Å². The van der Waals surface area contributed by atoms with Crippen LogP contribution in [-0.4, -0.2) is 4.98 Å². The number of nitrogens with two attached hydrogens (primary N) is 1. The average molecular weight is 218 g/mol. The van der Waals surface area contributed by atoms with E-state index in [1.807, 2.05) is 19.1 Å². The van der Waals surface area contributed by atoms with E-state index in [0.717, 1.165) is 24.1 Å². The summed E-state index contributed by atoms with van der Waals surface area (Å²) in [6.07, 6.45) is 1.80. The first kappa shape index (κ1) is 10.9. The molecule has 0 atom stereocenters. The van der Waals surface area contributed by atoms with Crippen molar-refractivity contribution in [1.82, 2.24) is 4.98 Å². The zero-order chi connectivity index (χ0) is 11.7. The van der Waals surface area contributed by atoms with Crippen LogP contribution in [0.4, 0.5) is 10.1 Å². The van der Waals surface area contributed by atoms with Crippen LogP contribution in [0.2, 0.25) is 0 Å². The predicted molar refractivity (Wildman–Crippen MR) is 64.8 cm³/mol. The number of halogens is 1. The van der Waals surface area contributed by atoms with Gasteiger partial charge in [0.15, 0.2) is 0 Å². The molecule has 0 bridgehead atoms. The van der Waals surface area contributed by atoms with E-state index in [4.69, 9.17) is 5.73 Å². The third kappa shape index (κ3) is 1.85. The maximum atomic E-state index is 13.7. The maximum absolute atomic E-state index is 13.7. The first-order valence-corrected chi connectivity index (χ1v) is 5.47. The van der Waals surface area contributed by atoms with Gasteiger partial charge in [-0.05, 0) is 37.1 Å². The lowest BCUT2D eigenvalue weighted by Crippen LogP contribution is -1.98. The smallest absolute Gasteiger partial charge is 0.149 e. The molecule has 0 aliphatic carbocycles. The molecule has 0 fully saturated rings. The van der Waals surface area contributed by atoms with E-state index in [9.17, 15) is 4.39 Å².